The number of carbonyl (C=O) groups excluding carboxylic acids is 1. The monoisotopic (exact) mass is 317 g/mol. The number of hydrogen-bond acceptors (Lipinski definition) is 5. The summed E-state index contributed by atoms with van der Waals surface area (Å²) in [5, 5.41) is 10.6. The van der Waals surface area contributed by atoms with Gasteiger partial charge in [0.05, 0.1) is 13.2 Å². The number of nitrogens with zero attached hydrogens (tertiary/aromatic N) is 1. The average molecular weight is 317 g/mol. The minimum Gasteiger partial charge on any atom is -0.497 e. The Labute approximate surface area is 134 Å². The fraction of sp³-hybridized carbons (Fsp3) is 0.294. The number of aliphatic hydroxyl groups is 1. The number of benzene rings is 1. The molecule has 0 radical (unpaired) electrons. The summed E-state index contributed by atoms with van der Waals surface area (Å²) in [5.74, 6) is 0.811. The molecule has 0 amide bonds. The van der Waals surface area contributed by atoms with Crippen LogP contribution in [0.5, 0.6) is 5.75 Å². The average Bonchev–Trinajstić information content (AvgIpc) is 2.54. The van der Waals surface area contributed by atoms with E-state index in [0.717, 1.165) is 29.5 Å². The van der Waals surface area contributed by atoms with Crippen molar-refractivity contribution >= 4 is 16.9 Å². The van der Waals surface area contributed by atoms with Gasteiger partial charge in [-0.05, 0) is 54.4 Å². The van der Waals surface area contributed by atoms with Crippen LogP contribution in [0.15, 0.2) is 53.7 Å². The predicted molar refractivity (Wildman–Crippen MR) is 87.0 cm³/mol. The summed E-state index contributed by atoms with van der Waals surface area (Å²) in [6.07, 6.45) is 2.44. The molecule has 4 nitrogen and oxygen atoms in total. The number of aromatic nitrogens is 1. The third kappa shape index (κ3) is 5.50. The minimum absolute atomic E-state index is 0.0686. The van der Waals surface area contributed by atoms with Crippen LogP contribution in [0, 0.1) is 0 Å². The van der Waals surface area contributed by atoms with E-state index in [-0.39, 0.29) is 11.5 Å². The molecule has 0 unspecified atom stereocenters. The SMILES string of the molecule is COc1ccc(CC[C@@H](O)CC(=O)Sc2ccccn2)cc1. The number of carbonyl (C=O) groups is 1. The topological polar surface area (TPSA) is 59.4 Å². The molecule has 1 aromatic carbocycles. The van der Waals surface area contributed by atoms with E-state index in [9.17, 15) is 9.90 Å². The highest BCUT2D eigenvalue weighted by Crippen LogP contribution is 2.19. The number of ether oxygens (including phenoxy) is 1. The smallest absolute Gasteiger partial charge is 0.197 e. The summed E-state index contributed by atoms with van der Waals surface area (Å²) in [7, 11) is 1.63. The zero-order valence-electron chi connectivity index (χ0n) is 12.4. The standard InChI is InChI=1S/C17H19NO3S/c1-21-15-9-6-13(7-10-15)5-8-14(19)12-17(20)22-16-4-2-3-11-18-16/h2-4,6-7,9-11,14,19H,5,8,12H2,1H3/t14-/m1/s1. The predicted octanol–water partition coefficient (Wildman–Crippen LogP) is 3.09. The minimum atomic E-state index is -0.634. The Morgan fingerprint density at radius 1 is 1.27 bits per heavy atom. The van der Waals surface area contributed by atoms with E-state index in [0.29, 0.717) is 11.4 Å². The molecule has 0 bridgehead atoms. The third-order valence-electron chi connectivity index (χ3n) is 3.18. The Kier molecular flexibility index (Phi) is 6.43. The van der Waals surface area contributed by atoms with Crippen molar-refractivity contribution in [3.8, 4) is 5.75 Å². The molecule has 2 rings (SSSR count). The lowest BCUT2D eigenvalue weighted by atomic mass is 10.1. The van der Waals surface area contributed by atoms with Gasteiger partial charge in [0.1, 0.15) is 10.8 Å². The Morgan fingerprint density at radius 3 is 2.68 bits per heavy atom. The van der Waals surface area contributed by atoms with Gasteiger partial charge in [-0.3, -0.25) is 4.79 Å². The number of aryl methyl sites for hydroxylation is 1. The zero-order valence-corrected chi connectivity index (χ0v) is 13.3. The number of aliphatic hydroxyl groups excluding tert-OH is 1. The molecule has 0 saturated carbocycles. The van der Waals surface area contributed by atoms with Crippen LogP contribution >= 0.6 is 11.8 Å². The van der Waals surface area contributed by atoms with Crippen LogP contribution in [0.25, 0.3) is 0 Å². The second-order valence-electron chi connectivity index (χ2n) is 4.89. The number of hydrogen-bond donors (Lipinski definition) is 1. The maximum Gasteiger partial charge on any atom is 0.197 e. The van der Waals surface area contributed by atoms with Gasteiger partial charge < -0.3 is 9.84 Å². The molecule has 0 aliphatic heterocycles. The molecule has 0 aliphatic carbocycles. The number of thioether (sulfide) groups is 1. The molecule has 0 spiro atoms. The molecule has 5 heteroatoms. The first-order valence-corrected chi connectivity index (χ1v) is 7.91. The van der Waals surface area contributed by atoms with Crippen molar-refractivity contribution in [2.75, 3.05) is 7.11 Å². The van der Waals surface area contributed by atoms with Crippen LogP contribution in [-0.2, 0) is 11.2 Å². The van der Waals surface area contributed by atoms with Gasteiger partial charge in [0.2, 0.25) is 0 Å². The van der Waals surface area contributed by atoms with Crippen LogP contribution in [0.2, 0.25) is 0 Å². The quantitative estimate of drug-likeness (QED) is 0.795. The first kappa shape index (κ1) is 16.5. The van der Waals surface area contributed by atoms with Gasteiger partial charge in [-0.25, -0.2) is 4.98 Å². The maximum absolute atomic E-state index is 11.9. The van der Waals surface area contributed by atoms with Gasteiger partial charge in [0.15, 0.2) is 5.12 Å². The van der Waals surface area contributed by atoms with Gasteiger partial charge in [0, 0.05) is 12.6 Å². The van der Waals surface area contributed by atoms with Gasteiger partial charge in [-0.15, -0.1) is 0 Å². The fourth-order valence-corrected chi connectivity index (χ4v) is 2.75. The Morgan fingerprint density at radius 2 is 2.05 bits per heavy atom. The number of methoxy groups -OCH3 is 1. The van der Waals surface area contributed by atoms with Gasteiger partial charge in [0.25, 0.3) is 0 Å². The summed E-state index contributed by atoms with van der Waals surface area (Å²) in [6, 6.07) is 13.1. The highest BCUT2D eigenvalue weighted by Gasteiger charge is 2.13. The van der Waals surface area contributed by atoms with E-state index in [1.165, 1.54) is 0 Å². The highest BCUT2D eigenvalue weighted by atomic mass is 32.2. The van der Waals surface area contributed by atoms with Crippen molar-refractivity contribution in [3.63, 3.8) is 0 Å². The van der Waals surface area contributed by atoms with E-state index in [1.54, 1.807) is 25.4 Å². The van der Waals surface area contributed by atoms with Crippen molar-refractivity contribution in [2.24, 2.45) is 0 Å². The van der Waals surface area contributed by atoms with Crippen molar-refractivity contribution < 1.29 is 14.6 Å². The molecule has 1 aromatic heterocycles. The van der Waals surface area contributed by atoms with Gasteiger partial charge in [-0.2, -0.15) is 0 Å². The molecule has 22 heavy (non-hydrogen) atoms. The highest BCUT2D eigenvalue weighted by molar-refractivity contribution is 8.13. The summed E-state index contributed by atoms with van der Waals surface area (Å²) < 4.78 is 5.10. The third-order valence-corrected chi connectivity index (χ3v) is 4.03. The van der Waals surface area contributed by atoms with Gasteiger partial charge >= 0.3 is 0 Å². The number of pyridine rings is 1. The first-order valence-electron chi connectivity index (χ1n) is 7.10. The first-order chi connectivity index (χ1) is 10.7. The maximum atomic E-state index is 11.9. The molecule has 0 fully saturated rings. The molecule has 0 aliphatic rings. The van der Waals surface area contributed by atoms with E-state index >= 15 is 0 Å². The van der Waals surface area contributed by atoms with Crippen molar-refractivity contribution in [3.05, 3.63) is 54.2 Å². The molecule has 1 atom stereocenters. The van der Waals surface area contributed by atoms with E-state index in [4.69, 9.17) is 4.74 Å². The second-order valence-corrected chi connectivity index (χ2v) is 5.96. The Bertz CT molecular complexity index is 587. The van der Waals surface area contributed by atoms with Crippen LogP contribution in [0.3, 0.4) is 0 Å². The molecular weight excluding hydrogens is 298 g/mol. The van der Waals surface area contributed by atoms with Gasteiger partial charge in [-0.1, -0.05) is 18.2 Å². The molecule has 1 N–H and O–H groups in total. The fourth-order valence-electron chi connectivity index (χ4n) is 1.99. The molecule has 116 valence electrons. The van der Waals surface area contributed by atoms with Crippen LogP contribution in [0.4, 0.5) is 0 Å². The molecule has 0 saturated heterocycles. The van der Waals surface area contributed by atoms with Crippen molar-refractivity contribution in [1.29, 1.82) is 0 Å². The lowest BCUT2D eigenvalue weighted by molar-refractivity contribution is -0.112. The largest absolute Gasteiger partial charge is 0.497 e. The van der Waals surface area contributed by atoms with E-state index in [1.807, 2.05) is 30.3 Å². The Balaban J connectivity index is 1.74. The summed E-state index contributed by atoms with van der Waals surface area (Å²) in [6.45, 7) is 0. The summed E-state index contributed by atoms with van der Waals surface area (Å²) >= 11 is 1.07. The van der Waals surface area contributed by atoms with Crippen LogP contribution in [0.1, 0.15) is 18.4 Å². The lowest BCUT2D eigenvalue weighted by Crippen LogP contribution is -2.12. The van der Waals surface area contributed by atoms with Crippen LogP contribution in [-0.4, -0.2) is 28.4 Å². The molecular formula is C17H19NO3S. The summed E-state index contributed by atoms with van der Waals surface area (Å²) in [5.41, 5.74) is 1.12. The lowest BCUT2D eigenvalue weighted by Gasteiger charge is -2.09. The van der Waals surface area contributed by atoms with Crippen LogP contribution < -0.4 is 4.74 Å². The van der Waals surface area contributed by atoms with Crippen molar-refractivity contribution in [2.45, 2.75) is 30.4 Å². The Hall–Kier alpha value is -1.85. The van der Waals surface area contributed by atoms with E-state index < -0.39 is 6.10 Å². The zero-order chi connectivity index (χ0) is 15.8. The molecule has 1 heterocycles. The number of rotatable bonds is 7. The summed E-state index contributed by atoms with van der Waals surface area (Å²) in [4.78, 5) is 15.9. The normalized spacial score (nSPS) is 11.9. The van der Waals surface area contributed by atoms with E-state index in [2.05, 4.69) is 4.98 Å². The van der Waals surface area contributed by atoms with Crippen molar-refractivity contribution in [1.82, 2.24) is 4.98 Å². The second kappa shape index (κ2) is 8.56. The molecule has 2 aromatic rings.